The molecule has 7 nitrogen and oxygen atoms in total. The molecule has 0 atom stereocenters. The molecule has 1 heterocycles. The average molecular weight is 249 g/mol. The van der Waals surface area contributed by atoms with E-state index < -0.39 is 0 Å². The fraction of sp³-hybridized carbons (Fsp3) is 0.364. The van der Waals surface area contributed by atoms with Crippen molar-refractivity contribution in [3.8, 4) is 22.9 Å². The molecule has 1 aromatic carbocycles. The summed E-state index contributed by atoms with van der Waals surface area (Å²) in [6.45, 7) is 1.04. The van der Waals surface area contributed by atoms with Gasteiger partial charge in [0.2, 0.25) is 0 Å². The molecule has 0 aliphatic heterocycles. The summed E-state index contributed by atoms with van der Waals surface area (Å²) in [5.74, 6) is 1.96. The molecule has 0 saturated heterocycles. The Kier molecular flexibility index (Phi) is 3.73. The first-order valence-electron chi connectivity index (χ1n) is 5.48. The third-order valence-electron chi connectivity index (χ3n) is 2.51. The van der Waals surface area contributed by atoms with Crippen molar-refractivity contribution >= 4 is 0 Å². The highest BCUT2D eigenvalue weighted by atomic mass is 16.5. The van der Waals surface area contributed by atoms with Crippen LogP contribution in [0.5, 0.6) is 11.5 Å². The standard InChI is InChI=1S/C11H15N5O2/c1-17-9-4-3-8(7-10(9)18-2)11-13-14-15-16(11)6-5-12/h3-4,7H,5-6,12H2,1-2H3. The lowest BCUT2D eigenvalue weighted by Gasteiger charge is -2.09. The molecule has 0 aliphatic rings. The van der Waals surface area contributed by atoms with Gasteiger partial charge < -0.3 is 15.2 Å². The van der Waals surface area contributed by atoms with Gasteiger partial charge in [0.25, 0.3) is 0 Å². The van der Waals surface area contributed by atoms with Gasteiger partial charge in [-0.15, -0.1) is 5.10 Å². The quantitative estimate of drug-likeness (QED) is 0.820. The van der Waals surface area contributed by atoms with Crippen LogP contribution in [-0.2, 0) is 6.54 Å². The lowest BCUT2D eigenvalue weighted by Crippen LogP contribution is -2.12. The van der Waals surface area contributed by atoms with Gasteiger partial charge in [-0.3, -0.25) is 0 Å². The lowest BCUT2D eigenvalue weighted by atomic mass is 10.2. The summed E-state index contributed by atoms with van der Waals surface area (Å²) in [4.78, 5) is 0. The van der Waals surface area contributed by atoms with Gasteiger partial charge in [0.05, 0.1) is 20.8 Å². The zero-order valence-corrected chi connectivity index (χ0v) is 10.3. The molecule has 0 spiro atoms. The molecule has 18 heavy (non-hydrogen) atoms. The van der Waals surface area contributed by atoms with Gasteiger partial charge in [-0.25, -0.2) is 4.68 Å². The number of hydrogen-bond acceptors (Lipinski definition) is 6. The number of benzene rings is 1. The first kappa shape index (κ1) is 12.3. The second kappa shape index (κ2) is 5.46. The van der Waals surface area contributed by atoms with Crippen molar-refractivity contribution in [2.75, 3.05) is 20.8 Å². The fourth-order valence-corrected chi connectivity index (χ4v) is 1.66. The Morgan fingerprint density at radius 1 is 1.22 bits per heavy atom. The number of tetrazole rings is 1. The Morgan fingerprint density at radius 2 is 2.00 bits per heavy atom. The van der Waals surface area contributed by atoms with Gasteiger partial charge in [-0.2, -0.15) is 0 Å². The van der Waals surface area contributed by atoms with Crippen LogP contribution < -0.4 is 15.2 Å². The minimum atomic E-state index is 0.478. The van der Waals surface area contributed by atoms with Gasteiger partial charge in [-0.1, -0.05) is 0 Å². The molecule has 2 aromatic rings. The van der Waals surface area contributed by atoms with Crippen LogP contribution in [0.15, 0.2) is 18.2 Å². The summed E-state index contributed by atoms with van der Waals surface area (Å²) in [5, 5.41) is 11.5. The number of nitrogens with two attached hydrogens (primary N) is 1. The van der Waals surface area contributed by atoms with Crippen molar-refractivity contribution in [2.24, 2.45) is 5.73 Å². The highest BCUT2D eigenvalue weighted by molar-refractivity contribution is 5.60. The third kappa shape index (κ3) is 2.25. The summed E-state index contributed by atoms with van der Waals surface area (Å²) < 4.78 is 12.1. The normalized spacial score (nSPS) is 10.4. The second-order valence-corrected chi connectivity index (χ2v) is 3.58. The molecule has 0 radical (unpaired) electrons. The van der Waals surface area contributed by atoms with Crippen molar-refractivity contribution in [3.05, 3.63) is 18.2 Å². The lowest BCUT2D eigenvalue weighted by molar-refractivity contribution is 0.355. The minimum absolute atomic E-state index is 0.478. The van der Waals surface area contributed by atoms with E-state index in [-0.39, 0.29) is 0 Å². The minimum Gasteiger partial charge on any atom is -0.493 e. The molecule has 0 aliphatic carbocycles. The van der Waals surface area contributed by atoms with E-state index in [1.54, 1.807) is 18.9 Å². The van der Waals surface area contributed by atoms with E-state index in [1.165, 1.54) is 0 Å². The Hall–Kier alpha value is -2.15. The predicted molar refractivity (Wildman–Crippen MR) is 65.4 cm³/mol. The molecule has 0 fully saturated rings. The van der Waals surface area contributed by atoms with Crippen LogP contribution in [0.3, 0.4) is 0 Å². The summed E-state index contributed by atoms with van der Waals surface area (Å²) in [6.07, 6.45) is 0. The van der Waals surface area contributed by atoms with E-state index in [2.05, 4.69) is 15.5 Å². The highest BCUT2D eigenvalue weighted by Crippen LogP contribution is 2.31. The highest BCUT2D eigenvalue weighted by Gasteiger charge is 2.11. The Balaban J connectivity index is 2.41. The van der Waals surface area contributed by atoms with Crippen LogP contribution in [0.1, 0.15) is 0 Å². The molecule has 2 rings (SSSR count). The molecular weight excluding hydrogens is 234 g/mol. The number of hydrogen-bond donors (Lipinski definition) is 1. The van der Waals surface area contributed by atoms with E-state index in [0.717, 1.165) is 5.56 Å². The zero-order chi connectivity index (χ0) is 13.0. The Morgan fingerprint density at radius 3 is 2.67 bits per heavy atom. The molecule has 0 bridgehead atoms. The van der Waals surface area contributed by atoms with E-state index in [1.807, 2.05) is 18.2 Å². The zero-order valence-electron chi connectivity index (χ0n) is 10.3. The maximum atomic E-state index is 5.51. The van der Waals surface area contributed by atoms with Gasteiger partial charge in [0, 0.05) is 12.1 Å². The molecule has 2 N–H and O–H groups in total. The van der Waals surface area contributed by atoms with E-state index in [0.29, 0.717) is 30.4 Å². The SMILES string of the molecule is COc1ccc(-c2nnnn2CCN)cc1OC. The average Bonchev–Trinajstić information content (AvgIpc) is 2.86. The van der Waals surface area contributed by atoms with E-state index in [4.69, 9.17) is 15.2 Å². The summed E-state index contributed by atoms with van der Waals surface area (Å²) in [5.41, 5.74) is 6.36. The maximum Gasteiger partial charge on any atom is 0.182 e. The van der Waals surface area contributed by atoms with Gasteiger partial charge in [0.15, 0.2) is 17.3 Å². The van der Waals surface area contributed by atoms with Crippen LogP contribution in [0.4, 0.5) is 0 Å². The van der Waals surface area contributed by atoms with Gasteiger partial charge in [0.1, 0.15) is 0 Å². The van der Waals surface area contributed by atoms with Gasteiger partial charge in [-0.05, 0) is 28.6 Å². The van der Waals surface area contributed by atoms with Crippen LogP contribution in [0.25, 0.3) is 11.4 Å². The first-order valence-corrected chi connectivity index (χ1v) is 5.48. The summed E-state index contributed by atoms with van der Waals surface area (Å²) >= 11 is 0. The third-order valence-corrected chi connectivity index (χ3v) is 2.51. The topological polar surface area (TPSA) is 88.1 Å². The Labute approximate surface area is 104 Å². The van der Waals surface area contributed by atoms with Crippen molar-refractivity contribution < 1.29 is 9.47 Å². The summed E-state index contributed by atoms with van der Waals surface area (Å²) in [7, 11) is 3.18. The van der Waals surface area contributed by atoms with E-state index >= 15 is 0 Å². The molecule has 1 aromatic heterocycles. The number of aromatic nitrogens is 4. The molecule has 0 amide bonds. The van der Waals surface area contributed by atoms with Crippen LogP contribution >= 0.6 is 0 Å². The summed E-state index contributed by atoms with van der Waals surface area (Å²) in [6, 6.07) is 5.52. The van der Waals surface area contributed by atoms with Crippen LogP contribution in [0, 0.1) is 0 Å². The smallest absolute Gasteiger partial charge is 0.182 e. The number of rotatable bonds is 5. The molecular formula is C11H15N5O2. The first-order chi connectivity index (χ1) is 8.80. The van der Waals surface area contributed by atoms with Crippen LogP contribution in [0.2, 0.25) is 0 Å². The fourth-order valence-electron chi connectivity index (χ4n) is 1.66. The number of ether oxygens (including phenoxy) is 2. The number of methoxy groups -OCH3 is 2. The van der Waals surface area contributed by atoms with E-state index in [9.17, 15) is 0 Å². The van der Waals surface area contributed by atoms with Crippen LogP contribution in [-0.4, -0.2) is 41.0 Å². The van der Waals surface area contributed by atoms with Crippen molar-refractivity contribution in [2.45, 2.75) is 6.54 Å². The largest absolute Gasteiger partial charge is 0.493 e. The second-order valence-electron chi connectivity index (χ2n) is 3.58. The van der Waals surface area contributed by atoms with Gasteiger partial charge >= 0.3 is 0 Å². The van der Waals surface area contributed by atoms with Crippen molar-refractivity contribution in [1.82, 2.24) is 20.2 Å². The molecule has 7 heteroatoms. The molecule has 0 saturated carbocycles. The Bertz CT molecular complexity index is 526. The van der Waals surface area contributed by atoms with Crippen molar-refractivity contribution in [1.29, 1.82) is 0 Å². The monoisotopic (exact) mass is 249 g/mol. The number of nitrogens with zero attached hydrogens (tertiary/aromatic N) is 4. The maximum absolute atomic E-state index is 5.51. The van der Waals surface area contributed by atoms with Crippen molar-refractivity contribution in [3.63, 3.8) is 0 Å². The molecule has 0 unspecified atom stereocenters. The molecule has 96 valence electrons. The predicted octanol–water partition coefficient (Wildman–Crippen LogP) is 0.316.